The first-order chi connectivity index (χ1) is 16.9. The highest BCUT2D eigenvalue weighted by Crippen LogP contribution is 2.22. The van der Waals surface area contributed by atoms with Crippen molar-refractivity contribution in [2.24, 2.45) is 0 Å². The van der Waals surface area contributed by atoms with Gasteiger partial charge in [-0.25, -0.2) is 13.5 Å². The van der Waals surface area contributed by atoms with E-state index in [2.05, 4.69) is 32.1 Å². The predicted octanol–water partition coefficient (Wildman–Crippen LogP) is 3.45. The molecule has 178 valence electrons. The Kier molecular flexibility index (Phi) is 6.33. The molecule has 1 saturated heterocycles. The molecule has 0 saturated carbocycles. The summed E-state index contributed by atoms with van der Waals surface area (Å²) >= 11 is 0. The number of hydrogen-bond acceptors (Lipinski definition) is 6. The van der Waals surface area contributed by atoms with Crippen LogP contribution in [0.2, 0.25) is 0 Å². The van der Waals surface area contributed by atoms with E-state index in [1.807, 2.05) is 36.4 Å². The minimum Gasteiger partial charge on any atom is -0.353 e. The Bertz CT molecular complexity index is 1380. The lowest BCUT2D eigenvalue weighted by molar-refractivity contribution is 0.312. The largest absolute Gasteiger partial charge is 0.353 e. The molecule has 0 N–H and O–H groups in total. The van der Waals surface area contributed by atoms with E-state index >= 15 is 0 Å². The van der Waals surface area contributed by atoms with Crippen LogP contribution in [0.15, 0.2) is 71.5 Å². The van der Waals surface area contributed by atoms with Gasteiger partial charge >= 0.3 is 0 Å². The van der Waals surface area contributed by atoms with E-state index in [-0.39, 0.29) is 17.7 Å². The highest BCUT2D eigenvalue weighted by atomic mass is 19.1. The fourth-order valence-electron chi connectivity index (χ4n) is 4.10. The van der Waals surface area contributed by atoms with Crippen molar-refractivity contribution in [3.05, 3.63) is 94.3 Å². The van der Waals surface area contributed by atoms with E-state index in [1.165, 1.54) is 28.9 Å². The molecule has 7 nitrogen and oxygen atoms in total. The van der Waals surface area contributed by atoms with Crippen molar-refractivity contribution < 1.29 is 8.78 Å². The second-order valence-corrected chi connectivity index (χ2v) is 8.64. The van der Waals surface area contributed by atoms with Crippen molar-refractivity contribution in [1.29, 1.82) is 0 Å². The number of benzene rings is 2. The van der Waals surface area contributed by atoms with Crippen LogP contribution in [-0.2, 0) is 6.54 Å². The zero-order valence-electron chi connectivity index (χ0n) is 19.2. The standard InChI is InChI=1S/C26H24F2N6O/c1-32-9-11-33(12-10-32)25-7-5-23(29-30-25)19-4-2-3-18(13-19)17-34-26(35)8-6-24(31-34)20-14-21(27)16-22(28)15-20/h2-8,13-16H,9-12,17H2,1H3. The number of aromatic nitrogens is 4. The van der Waals surface area contributed by atoms with Gasteiger partial charge in [0.25, 0.3) is 5.56 Å². The first-order valence-electron chi connectivity index (χ1n) is 11.4. The third-order valence-corrected chi connectivity index (χ3v) is 6.06. The molecular formula is C26H24F2N6O. The normalized spacial score (nSPS) is 14.3. The van der Waals surface area contributed by atoms with E-state index in [1.54, 1.807) is 0 Å². The summed E-state index contributed by atoms with van der Waals surface area (Å²) in [5, 5.41) is 13.2. The maximum absolute atomic E-state index is 13.6. The van der Waals surface area contributed by atoms with Crippen LogP contribution in [0.1, 0.15) is 5.56 Å². The topological polar surface area (TPSA) is 67.2 Å². The average Bonchev–Trinajstić information content (AvgIpc) is 2.86. The smallest absolute Gasteiger partial charge is 0.267 e. The average molecular weight is 475 g/mol. The Hall–Kier alpha value is -3.98. The summed E-state index contributed by atoms with van der Waals surface area (Å²) in [5.74, 6) is -0.543. The van der Waals surface area contributed by atoms with E-state index < -0.39 is 11.6 Å². The lowest BCUT2D eigenvalue weighted by Crippen LogP contribution is -2.44. The van der Waals surface area contributed by atoms with Gasteiger partial charge in [0.2, 0.25) is 0 Å². The fourth-order valence-corrected chi connectivity index (χ4v) is 4.10. The van der Waals surface area contributed by atoms with Crippen LogP contribution in [0.25, 0.3) is 22.5 Å². The van der Waals surface area contributed by atoms with Crippen molar-refractivity contribution in [3.63, 3.8) is 0 Å². The van der Waals surface area contributed by atoms with Crippen LogP contribution >= 0.6 is 0 Å². The van der Waals surface area contributed by atoms with Crippen LogP contribution in [0, 0.1) is 11.6 Å². The van der Waals surface area contributed by atoms with Gasteiger partial charge in [0, 0.05) is 49.4 Å². The molecule has 1 aliphatic rings. The Morgan fingerprint density at radius 2 is 1.54 bits per heavy atom. The minimum absolute atomic E-state index is 0.200. The number of likely N-dealkylation sites (N-methyl/N-ethyl adjacent to an activating group) is 1. The number of rotatable bonds is 5. The summed E-state index contributed by atoms with van der Waals surface area (Å²) in [7, 11) is 2.11. The van der Waals surface area contributed by atoms with Gasteiger partial charge in [0.15, 0.2) is 5.82 Å². The monoisotopic (exact) mass is 474 g/mol. The van der Waals surface area contributed by atoms with Crippen LogP contribution in [0.3, 0.4) is 0 Å². The van der Waals surface area contributed by atoms with Gasteiger partial charge in [-0.2, -0.15) is 5.10 Å². The van der Waals surface area contributed by atoms with Crippen molar-refractivity contribution in [3.8, 4) is 22.5 Å². The first-order valence-corrected chi connectivity index (χ1v) is 11.4. The Balaban J connectivity index is 1.36. The SMILES string of the molecule is CN1CCN(c2ccc(-c3cccc(Cn4nc(-c5cc(F)cc(F)c5)ccc4=O)c3)nn2)CC1. The fraction of sp³-hybridized carbons (Fsp3) is 0.231. The number of halogens is 2. The molecule has 9 heteroatoms. The van der Waals surface area contributed by atoms with Gasteiger partial charge in [0.05, 0.1) is 17.9 Å². The quantitative estimate of drug-likeness (QED) is 0.442. The molecule has 35 heavy (non-hydrogen) atoms. The number of anilines is 1. The molecule has 1 fully saturated rings. The zero-order valence-corrected chi connectivity index (χ0v) is 19.2. The van der Waals surface area contributed by atoms with E-state index in [4.69, 9.17) is 0 Å². The summed E-state index contributed by atoms with van der Waals surface area (Å²) in [4.78, 5) is 16.9. The van der Waals surface area contributed by atoms with Gasteiger partial charge in [-0.1, -0.05) is 18.2 Å². The third-order valence-electron chi connectivity index (χ3n) is 6.06. The molecule has 0 aliphatic carbocycles. The van der Waals surface area contributed by atoms with Gasteiger partial charge in [-0.05, 0) is 49.0 Å². The summed E-state index contributed by atoms with van der Waals surface area (Å²) in [6.07, 6.45) is 0. The highest BCUT2D eigenvalue weighted by Gasteiger charge is 2.16. The molecule has 3 heterocycles. The Labute approximate surface area is 201 Å². The second kappa shape index (κ2) is 9.71. The molecule has 0 unspecified atom stereocenters. The number of hydrogen-bond donors (Lipinski definition) is 0. The van der Waals surface area contributed by atoms with Crippen molar-refractivity contribution >= 4 is 5.82 Å². The molecule has 0 radical (unpaired) electrons. The maximum atomic E-state index is 13.6. The summed E-state index contributed by atoms with van der Waals surface area (Å²) in [5.41, 5.74) is 2.70. The molecule has 0 spiro atoms. The zero-order chi connectivity index (χ0) is 24.4. The van der Waals surface area contributed by atoms with Gasteiger partial charge in [-0.15, -0.1) is 10.2 Å². The molecule has 4 aromatic rings. The van der Waals surface area contributed by atoms with Gasteiger partial charge in [-0.3, -0.25) is 4.79 Å². The van der Waals surface area contributed by atoms with E-state index in [0.29, 0.717) is 5.69 Å². The van der Waals surface area contributed by atoms with Crippen LogP contribution in [0.5, 0.6) is 0 Å². The van der Waals surface area contributed by atoms with Gasteiger partial charge < -0.3 is 9.80 Å². The molecule has 1 aliphatic heterocycles. The number of nitrogens with zero attached hydrogens (tertiary/aromatic N) is 6. The van der Waals surface area contributed by atoms with Crippen LogP contribution in [0.4, 0.5) is 14.6 Å². The van der Waals surface area contributed by atoms with Crippen molar-refractivity contribution in [2.45, 2.75) is 6.54 Å². The third kappa shape index (κ3) is 5.25. The lowest BCUT2D eigenvalue weighted by atomic mass is 10.1. The summed E-state index contributed by atoms with van der Waals surface area (Å²) < 4.78 is 28.6. The molecular weight excluding hydrogens is 450 g/mol. The van der Waals surface area contributed by atoms with Crippen molar-refractivity contribution in [2.75, 3.05) is 38.1 Å². The van der Waals surface area contributed by atoms with E-state index in [0.717, 1.165) is 54.9 Å². The molecule has 5 rings (SSSR count). The molecule has 0 atom stereocenters. The summed E-state index contributed by atoms with van der Waals surface area (Å²) in [6.45, 7) is 4.03. The first kappa shape index (κ1) is 22.8. The lowest BCUT2D eigenvalue weighted by Gasteiger charge is -2.32. The second-order valence-electron chi connectivity index (χ2n) is 8.64. The predicted molar refractivity (Wildman–Crippen MR) is 130 cm³/mol. The Morgan fingerprint density at radius 3 is 2.26 bits per heavy atom. The van der Waals surface area contributed by atoms with Gasteiger partial charge in [0.1, 0.15) is 11.6 Å². The molecule has 2 aromatic heterocycles. The molecule has 2 aromatic carbocycles. The molecule has 0 amide bonds. The van der Waals surface area contributed by atoms with Crippen LogP contribution < -0.4 is 10.5 Å². The minimum atomic E-state index is -0.702. The van der Waals surface area contributed by atoms with E-state index in [9.17, 15) is 13.6 Å². The van der Waals surface area contributed by atoms with Crippen LogP contribution in [-0.4, -0.2) is 58.1 Å². The summed E-state index contributed by atoms with van der Waals surface area (Å²) in [6, 6.07) is 17.5. The number of piperazine rings is 1. The Morgan fingerprint density at radius 1 is 0.800 bits per heavy atom. The van der Waals surface area contributed by atoms with Crippen molar-refractivity contribution in [1.82, 2.24) is 24.9 Å². The maximum Gasteiger partial charge on any atom is 0.267 e. The molecule has 0 bridgehead atoms. The highest BCUT2D eigenvalue weighted by molar-refractivity contribution is 5.61.